The first kappa shape index (κ1) is 27.0. The smallest absolute Gasteiger partial charge is 0.322 e. The monoisotopic (exact) mass is 545 g/mol. The molecule has 1 N–H and O–H groups in total. The van der Waals surface area contributed by atoms with Crippen molar-refractivity contribution in [1.82, 2.24) is 14.8 Å². The van der Waals surface area contributed by atoms with Crippen molar-refractivity contribution in [3.05, 3.63) is 87.7 Å². The van der Waals surface area contributed by atoms with Gasteiger partial charge in [-0.15, -0.1) is 0 Å². The molecule has 0 saturated carbocycles. The molecule has 8 heteroatoms. The molecule has 1 aliphatic heterocycles. The minimum absolute atomic E-state index is 0.0310. The number of aromatic nitrogens is 1. The summed E-state index contributed by atoms with van der Waals surface area (Å²) in [7, 11) is 3.72. The van der Waals surface area contributed by atoms with E-state index in [0.29, 0.717) is 16.3 Å². The lowest BCUT2D eigenvalue weighted by Gasteiger charge is -2.38. The van der Waals surface area contributed by atoms with E-state index in [2.05, 4.69) is 33.4 Å². The van der Waals surface area contributed by atoms with Crippen LogP contribution in [0.5, 0.6) is 0 Å². The second kappa shape index (κ2) is 11.3. The van der Waals surface area contributed by atoms with Gasteiger partial charge in [0.2, 0.25) is 0 Å². The molecule has 39 heavy (non-hydrogen) atoms. The number of hydrogen-bond donors (Lipinski definition) is 1. The Balaban J connectivity index is 1.24. The second-order valence-corrected chi connectivity index (χ2v) is 11.2. The van der Waals surface area contributed by atoms with Gasteiger partial charge >= 0.3 is 6.03 Å². The predicted molar refractivity (Wildman–Crippen MR) is 157 cm³/mol. The molecule has 2 heterocycles. The summed E-state index contributed by atoms with van der Waals surface area (Å²) in [5.74, 6) is 0.0310. The number of rotatable bonds is 5. The van der Waals surface area contributed by atoms with Crippen LogP contribution in [0.2, 0.25) is 5.02 Å². The summed E-state index contributed by atoms with van der Waals surface area (Å²) in [6.45, 7) is 5.87. The van der Waals surface area contributed by atoms with Crippen molar-refractivity contribution in [1.29, 1.82) is 0 Å². The Kier molecular flexibility index (Phi) is 7.80. The summed E-state index contributed by atoms with van der Waals surface area (Å²) < 4.78 is 0. The van der Waals surface area contributed by atoms with Crippen LogP contribution < -0.4 is 10.2 Å². The summed E-state index contributed by atoms with van der Waals surface area (Å²) in [4.78, 5) is 37.1. The lowest BCUT2D eigenvalue weighted by Crippen LogP contribution is -2.45. The van der Waals surface area contributed by atoms with Gasteiger partial charge in [0.05, 0.1) is 6.04 Å². The SMILES string of the molecule is Cc1cc(N2CCC(N(C)C(=O)c3ccc4c(c3)C(N(C)C(=O)Nc3cccc(Cl)c3)CC4)CC2)cc(C)n1. The number of fused-ring (bicyclic) bond motifs is 1. The molecule has 1 aliphatic carbocycles. The van der Waals surface area contributed by atoms with Gasteiger partial charge in [0.15, 0.2) is 0 Å². The highest BCUT2D eigenvalue weighted by Gasteiger charge is 2.31. The Morgan fingerprint density at radius 1 is 0.949 bits per heavy atom. The molecule has 5 rings (SSSR count). The van der Waals surface area contributed by atoms with Gasteiger partial charge in [-0.3, -0.25) is 9.78 Å². The number of aryl methyl sites for hydroxylation is 3. The highest BCUT2D eigenvalue weighted by atomic mass is 35.5. The second-order valence-electron chi connectivity index (χ2n) is 10.8. The Bertz CT molecular complexity index is 1360. The Morgan fingerprint density at radius 2 is 1.67 bits per heavy atom. The normalized spacial score (nSPS) is 17.1. The fourth-order valence-electron chi connectivity index (χ4n) is 5.91. The zero-order valence-corrected chi connectivity index (χ0v) is 23.8. The number of halogens is 1. The number of carbonyl (C=O) groups is 2. The van der Waals surface area contributed by atoms with Gasteiger partial charge in [-0.1, -0.05) is 23.7 Å². The van der Waals surface area contributed by atoms with Crippen LogP contribution in [0.25, 0.3) is 0 Å². The highest BCUT2D eigenvalue weighted by molar-refractivity contribution is 6.30. The van der Waals surface area contributed by atoms with Gasteiger partial charge < -0.3 is 20.0 Å². The first-order chi connectivity index (χ1) is 18.7. The van der Waals surface area contributed by atoms with Crippen molar-refractivity contribution in [2.24, 2.45) is 0 Å². The fourth-order valence-corrected chi connectivity index (χ4v) is 6.10. The van der Waals surface area contributed by atoms with Crippen LogP contribution in [0, 0.1) is 13.8 Å². The molecule has 2 aromatic carbocycles. The number of nitrogens with one attached hydrogen (secondary N) is 1. The van der Waals surface area contributed by atoms with Crippen LogP contribution in [-0.2, 0) is 6.42 Å². The van der Waals surface area contributed by atoms with E-state index in [0.717, 1.165) is 55.7 Å². The first-order valence-corrected chi connectivity index (χ1v) is 14.0. The molecule has 3 aromatic rings. The van der Waals surface area contributed by atoms with Crippen LogP contribution in [0.1, 0.15) is 58.2 Å². The molecule has 7 nitrogen and oxygen atoms in total. The lowest BCUT2D eigenvalue weighted by molar-refractivity contribution is 0.0709. The Labute approximate surface area is 235 Å². The number of amides is 3. The van der Waals surface area contributed by atoms with Crippen molar-refractivity contribution < 1.29 is 9.59 Å². The quantitative estimate of drug-likeness (QED) is 0.412. The number of carbonyl (C=O) groups excluding carboxylic acids is 2. The third-order valence-corrected chi connectivity index (χ3v) is 8.30. The standard InChI is InChI=1S/C31H36ClN5O2/c1-20-16-27(17-21(2)33-20)37-14-12-26(13-15-37)35(3)30(38)23-9-8-22-10-11-29(28(22)18-23)36(4)31(39)34-25-7-5-6-24(32)19-25/h5-9,16-19,26,29H,10-15H2,1-4H3,(H,34,39). The van der Waals surface area contributed by atoms with E-state index in [1.165, 1.54) is 11.3 Å². The van der Waals surface area contributed by atoms with Gasteiger partial charge in [0, 0.05) is 66.6 Å². The van der Waals surface area contributed by atoms with E-state index < -0.39 is 0 Å². The van der Waals surface area contributed by atoms with Crippen molar-refractivity contribution >= 4 is 34.9 Å². The summed E-state index contributed by atoms with van der Waals surface area (Å²) in [5.41, 5.74) is 6.84. The number of pyridine rings is 1. The maximum Gasteiger partial charge on any atom is 0.322 e. The molecule has 3 amide bonds. The summed E-state index contributed by atoms with van der Waals surface area (Å²) in [6.07, 6.45) is 3.55. The van der Waals surface area contributed by atoms with Crippen LogP contribution in [-0.4, -0.2) is 59.9 Å². The molecule has 1 saturated heterocycles. The number of piperidine rings is 1. The van der Waals surface area contributed by atoms with Gasteiger partial charge in [-0.05, 0) is 93.1 Å². The number of hydrogen-bond acceptors (Lipinski definition) is 4. The van der Waals surface area contributed by atoms with Gasteiger partial charge in [0.25, 0.3) is 5.91 Å². The Hall–Kier alpha value is -3.58. The van der Waals surface area contributed by atoms with Gasteiger partial charge in [0.1, 0.15) is 0 Å². The van der Waals surface area contributed by atoms with Crippen molar-refractivity contribution in [2.45, 2.75) is 51.6 Å². The third kappa shape index (κ3) is 5.88. The van der Waals surface area contributed by atoms with Crippen molar-refractivity contribution in [3.8, 4) is 0 Å². The van der Waals surface area contributed by atoms with Crippen LogP contribution >= 0.6 is 11.6 Å². The van der Waals surface area contributed by atoms with Crippen LogP contribution in [0.3, 0.4) is 0 Å². The maximum atomic E-state index is 13.6. The lowest BCUT2D eigenvalue weighted by atomic mass is 10.00. The van der Waals surface area contributed by atoms with Crippen molar-refractivity contribution in [3.63, 3.8) is 0 Å². The number of urea groups is 1. The fraction of sp³-hybridized carbons (Fsp3) is 0.387. The van der Waals surface area contributed by atoms with Gasteiger partial charge in [-0.25, -0.2) is 4.79 Å². The van der Waals surface area contributed by atoms with Crippen molar-refractivity contribution in [2.75, 3.05) is 37.4 Å². The summed E-state index contributed by atoms with van der Waals surface area (Å²) in [6, 6.07) is 17.3. The zero-order valence-electron chi connectivity index (χ0n) is 23.1. The maximum absolute atomic E-state index is 13.6. The molecule has 1 aromatic heterocycles. The largest absolute Gasteiger partial charge is 0.371 e. The molecule has 0 spiro atoms. The minimum Gasteiger partial charge on any atom is -0.371 e. The molecule has 1 fully saturated rings. The van der Waals surface area contributed by atoms with Crippen LogP contribution in [0.4, 0.5) is 16.2 Å². The average molecular weight is 546 g/mol. The molecule has 1 unspecified atom stereocenters. The molecular formula is C31H36ClN5O2. The molecule has 0 bridgehead atoms. The van der Waals surface area contributed by atoms with E-state index in [-0.39, 0.29) is 24.0 Å². The first-order valence-electron chi connectivity index (χ1n) is 13.6. The van der Waals surface area contributed by atoms with Gasteiger partial charge in [-0.2, -0.15) is 0 Å². The minimum atomic E-state index is -0.199. The summed E-state index contributed by atoms with van der Waals surface area (Å²) in [5, 5.41) is 3.50. The van der Waals surface area contributed by atoms with E-state index in [1.54, 1.807) is 24.1 Å². The van der Waals surface area contributed by atoms with E-state index in [4.69, 9.17) is 11.6 Å². The number of anilines is 2. The molecule has 1 atom stereocenters. The van der Waals surface area contributed by atoms with E-state index >= 15 is 0 Å². The molecule has 2 aliphatic rings. The third-order valence-electron chi connectivity index (χ3n) is 8.07. The topological polar surface area (TPSA) is 68.8 Å². The predicted octanol–water partition coefficient (Wildman–Crippen LogP) is 6.24. The number of nitrogens with zero attached hydrogens (tertiary/aromatic N) is 4. The molecular weight excluding hydrogens is 510 g/mol. The van der Waals surface area contributed by atoms with E-state index in [1.807, 2.05) is 50.1 Å². The average Bonchev–Trinajstić information content (AvgIpc) is 3.34. The van der Waals surface area contributed by atoms with E-state index in [9.17, 15) is 9.59 Å². The summed E-state index contributed by atoms with van der Waals surface area (Å²) >= 11 is 6.07. The zero-order chi connectivity index (χ0) is 27.7. The molecule has 0 radical (unpaired) electrons. The van der Waals surface area contributed by atoms with Crippen LogP contribution in [0.15, 0.2) is 54.6 Å². The highest BCUT2D eigenvalue weighted by Crippen LogP contribution is 2.36. The Morgan fingerprint density at radius 3 is 2.36 bits per heavy atom. The number of benzene rings is 2. The molecule has 204 valence electrons.